The summed E-state index contributed by atoms with van der Waals surface area (Å²) in [7, 11) is -2.41. The molecule has 114 valence electrons. The molecule has 1 aromatic rings. The van der Waals surface area contributed by atoms with Crippen molar-refractivity contribution in [2.45, 2.75) is 24.5 Å². The molecule has 0 atom stereocenters. The van der Waals surface area contributed by atoms with Gasteiger partial charge in [0.2, 0.25) is 0 Å². The van der Waals surface area contributed by atoms with Crippen LogP contribution < -0.4 is 0 Å². The number of carbonyl (C=O) groups is 1. The van der Waals surface area contributed by atoms with Crippen molar-refractivity contribution in [1.82, 2.24) is 9.29 Å². The Bertz CT molecular complexity index is 557. The Hall–Kier alpha value is -0.700. The second kappa shape index (κ2) is 7.35. The first-order chi connectivity index (χ1) is 9.27. The van der Waals surface area contributed by atoms with Crippen LogP contribution >= 0.6 is 22.9 Å². The van der Waals surface area contributed by atoms with Gasteiger partial charge in [-0.05, 0) is 5.92 Å². The van der Waals surface area contributed by atoms with E-state index in [0.29, 0.717) is 6.54 Å². The number of halogens is 1. The Balaban J connectivity index is 2.94. The molecule has 0 aromatic carbocycles. The van der Waals surface area contributed by atoms with Crippen LogP contribution in [0.25, 0.3) is 0 Å². The standard InChI is InChI=1S/C11H17ClN2O4S2/c1-8(2)7-14(5-4-9(15)18-3)20(16,17)10-6-13-11(12)19-10/h6,8H,4-5,7H2,1-3H3. The van der Waals surface area contributed by atoms with Crippen molar-refractivity contribution in [1.29, 1.82) is 0 Å². The molecule has 1 rings (SSSR count). The Morgan fingerprint density at radius 1 is 1.55 bits per heavy atom. The Morgan fingerprint density at radius 2 is 2.20 bits per heavy atom. The Kier molecular flexibility index (Phi) is 6.38. The van der Waals surface area contributed by atoms with Crippen molar-refractivity contribution in [3.63, 3.8) is 0 Å². The number of methoxy groups -OCH3 is 1. The zero-order valence-electron chi connectivity index (χ0n) is 11.5. The molecule has 0 radical (unpaired) electrons. The van der Waals surface area contributed by atoms with E-state index < -0.39 is 16.0 Å². The first-order valence-corrected chi connectivity index (χ1v) is 8.59. The molecular formula is C11H17ClN2O4S2. The van der Waals surface area contributed by atoms with Crippen LogP contribution in [-0.2, 0) is 19.6 Å². The molecule has 0 aliphatic heterocycles. The number of ether oxygens (including phenoxy) is 1. The van der Waals surface area contributed by atoms with Gasteiger partial charge in [-0.25, -0.2) is 13.4 Å². The minimum Gasteiger partial charge on any atom is -0.469 e. The minimum absolute atomic E-state index is 0.00891. The van der Waals surface area contributed by atoms with Crippen molar-refractivity contribution < 1.29 is 17.9 Å². The quantitative estimate of drug-likeness (QED) is 0.709. The van der Waals surface area contributed by atoms with Crippen molar-refractivity contribution in [3.05, 3.63) is 10.7 Å². The first kappa shape index (κ1) is 17.4. The lowest BCUT2D eigenvalue weighted by molar-refractivity contribution is -0.140. The minimum atomic E-state index is -3.68. The molecule has 0 bridgehead atoms. The highest BCUT2D eigenvalue weighted by Gasteiger charge is 2.27. The van der Waals surface area contributed by atoms with Gasteiger partial charge in [0.1, 0.15) is 0 Å². The molecule has 6 nitrogen and oxygen atoms in total. The summed E-state index contributed by atoms with van der Waals surface area (Å²) >= 11 is 6.58. The molecule has 0 spiro atoms. The zero-order valence-corrected chi connectivity index (χ0v) is 13.9. The number of aromatic nitrogens is 1. The summed E-state index contributed by atoms with van der Waals surface area (Å²) in [5.74, 6) is -0.317. The lowest BCUT2D eigenvalue weighted by Gasteiger charge is -2.22. The van der Waals surface area contributed by atoms with Crippen LogP contribution in [-0.4, -0.2) is 43.9 Å². The maximum atomic E-state index is 12.5. The van der Waals surface area contributed by atoms with Gasteiger partial charge in [-0.15, -0.1) is 0 Å². The van der Waals surface area contributed by atoms with Gasteiger partial charge < -0.3 is 4.74 Å². The number of carbonyl (C=O) groups excluding carboxylic acids is 1. The monoisotopic (exact) mass is 340 g/mol. The molecule has 0 saturated carbocycles. The van der Waals surface area contributed by atoms with Gasteiger partial charge in [-0.3, -0.25) is 4.79 Å². The van der Waals surface area contributed by atoms with E-state index in [4.69, 9.17) is 11.6 Å². The fraction of sp³-hybridized carbons (Fsp3) is 0.636. The molecule has 0 saturated heterocycles. The molecular weight excluding hydrogens is 324 g/mol. The van der Waals surface area contributed by atoms with Gasteiger partial charge in [0, 0.05) is 13.1 Å². The molecule has 20 heavy (non-hydrogen) atoms. The third kappa shape index (κ3) is 4.69. The molecule has 0 unspecified atom stereocenters. The van der Waals surface area contributed by atoms with Crippen molar-refractivity contribution >= 4 is 38.9 Å². The average molecular weight is 341 g/mol. The summed E-state index contributed by atoms with van der Waals surface area (Å²) in [4.78, 5) is 14.9. The van der Waals surface area contributed by atoms with E-state index in [9.17, 15) is 13.2 Å². The molecule has 9 heteroatoms. The van der Waals surface area contributed by atoms with Crippen molar-refractivity contribution in [3.8, 4) is 0 Å². The molecule has 1 heterocycles. The van der Waals surface area contributed by atoms with Crippen molar-refractivity contribution in [2.24, 2.45) is 5.92 Å². The van der Waals surface area contributed by atoms with Gasteiger partial charge >= 0.3 is 5.97 Å². The van der Waals surface area contributed by atoms with E-state index in [0.717, 1.165) is 11.3 Å². The lowest BCUT2D eigenvalue weighted by atomic mass is 10.2. The maximum absolute atomic E-state index is 12.5. The molecule has 0 aliphatic rings. The average Bonchev–Trinajstić information content (AvgIpc) is 2.80. The van der Waals surface area contributed by atoms with E-state index in [2.05, 4.69) is 9.72 Å². The van der Waals surface area contributed by atoms with Gasteiger partial charge in [0.25, 0.3) is 10.0 Å². The van der Waals surface area contributed by atoms with Gasteiger partial charge in [0.15, 0.2) is 8.68 Å². The van der Waals surface area contributed by atoms with E-state index in [-0.39, 0.29) is 27.6 Å². The van der Waals surface area contributed by atoms with Crippen LogP contribution in [0.3, 0.4) is 0 Å². The molecule has 0 aliphatic carbocycles. The topological polar surface area (TPSA) is 76.6 Å². The summed E-state index contributed by atoms with van der Waals surface area (Å²) in [5, 5.41) is 0. The third-order valence-electron chi connectivity index (χ3n) is 2.41. The van der Waals surface area contributed by atoms with Crippen LogP contribution in [0.5, 0.6) is 0 Å². The van der Waals surface area contributed by atoms with Gasteiger partial charge in [-0.1, -0.05) is 36.8 Å². The Labute approximate surface area is 127 Å². The largest absolute Gasteiger partial charge is 0.469 e. The molecule has 0 fully saturated rings. The number of esters is 1. The first-order valence-electron chi connectivity index (χ1n) is 5.95. The van der Waals surface area contributed by atoms with Gasteiger partial charge in [-0.2, -0.15) is 4.31 Å². The molecule has 1 aromatic heterocycles. The summed E-state index contributed by atoms with van der Waals surface area (Å²) in [6, 6.07) is 0. The second-order valence-electron chi connectivity index (χ2n) is 4.52. The Morgan fingerprint density at radius 3 is 2.65 bits per heavy atom. The van der Waals surface area contributed by atoms with Crippen LogP contribution in [0.2, 0.25) is 4.47 Å². The normalized spacial score (nSPS) is 12.1. The van der Waals surface area contributed by atoms with Crippen LogP contribution in [0.4, 0.5) is 0 Å². The number of hydrogen-bond acceptors (Lipinski definition) is 6. The summed E-state index contributed by atoms with van der Waals surface area (Å²) in [6.07, 6.45) is 1.24. The SMILES string of the molecule is COC(=O)CCN(CC(C)C)S(=O)(=O)c1cnc(Cl)s1. The van der Waals surface area contributed by atoms with Gasteiger partial charge in [0.05, 0.1) is 19.7 Å². The number of nitrogens with zero attached hydrogens (tertiary/aromatic N) is 2. The molecule has 0 amide bonds. The summed E-state index contributed by atoms with van der Waals surface area (Å²) < 4.78 is 31.0. The van der Waals surface area contributed by atoms with E-state index in [1.165, 1.54) is 17.6 Å². The highest BCUT2D eigenvalue weighted by molar-refractivity contribution is 7.91. The highest BCUT2D eigenvalue weighted by atomic mass is 35.5. The lowest BCUT2D eigenvalue weighted by Crippen LogP contribution is -2.35. The number of hydrogen-bond donors (Lipinski definition) is 0. The highest BCUT2D eigenvalue weighted by Crippen LogP contribution is 2.26. The predicted molar refractivity (Wildman–Crippen MR) is 77.4 cm³/mol. The van der Waals surface area contributed by atoms with Crippen LogP contribution in [0.15, 0.2) is 10.4 Å². The van der Waals surface area contributed by atoms with E-state index >= 15 is 0 Å². The van der Waals surface area contributed by atoms with Crippen molar-refractivity contribution in [2.75, 3.05) is 20.2 Å². The second-order valence-corrected chi connectivity index (χ2v) is 8.29. The number of rotatable bonds is 7. The fourth-order valence-electron chi connectivity index (χ4n) is 1.52. The van der Waals surface area contributed by atoms with Crippen LogP contribution in [0, 0.1) is 5.92 Å². The van der Waals surface area contributed by atoms with E-state index in [1.807, 2.05) is 13.8 Å². The summed E-state index contributed by atoms with van der Waals surface area (Å²) in [5.41, 5.74) is 0. The fourth-order valence-corrected chi connectivity index (χ4v) is 4.57. The zero-order chi connectivity index (χ0) is 15.3. The molecule has 0 N–H and O–H groups in total. The van der Waals surface area contributed by atoms with E-state index in [1.54, 1.807) is 0 Å². The van der Waals surface area contributed by atoms with Crippen LogP contribution in [0.1, 0.15) is 20.3 Å². The smallest absolute Gasteiger partial charge is 0.306 e. The summed E-state index contributed by atoms with van der Waals surface area (Å²) in [6.45, 7) is 4.19. The number of sulfonamides is 1. The predicted octanol–water partition coefficient (Wildman–Crippen LogP) is 2.01. The number of thiazole rings is 1. The third-order valence-corrected chi connectivity index (χ3v) is 5.83. The maximum Gasteiger partial charge on any atom is 0.306 e.